The van der Waals surface area contributed by atoms with Crippen molar-refractivity contribution in [2.45, 2.75) is 96.1 Å². The number of ether oxygens (including phenoxy) is 1. The largest absolute Gasteiger partial charge is 0.461 e. The molecule has 0 radical (unpaired) electrons. The number of alkyl halides is 2. The fourth-order valence-corrected chi connectivity index (χ4v) is 5.95. The van der Waals surface area contributed by atoms with Crippen LogP contribution in [0, 0.1) is 11.8 Å². The first-order chi connectivity index (χ1) is 19.9. The number of halogens is 2. The number of likely N-dealkylation sites (tertiary alicyclic amines) is 1. The molecule has 0 bridgehead atoms. The molecular formula is C32H47F2N3O5. The maximum Gasteiger partial charge on any atom is 0.306 e. The summed E-state index contributed by atoms with van der Waals surface area (Å²) in [5, 5.41) is 0. The minimum Gasteiger partial charge on any atom is -0.461 e. The van der Waals surface area contributed by atoms with Gasteiger partial charge in [-0.1, -0.05) is 43.7 Å². The molecule has 0 spiro atoms. The molecule has 2 unspecified atom stereocenters. The van der Waals surface area contributed by atoms with Crippen LogP contribution in [0.3, 0.4) is 0 Å². The summed E-state index contributed by atoms with van der Waals surface area (Å²) in [5.74, 6) is -4.50. The molecule has 1 heterocycles. The van der Waals surface area contributed by atoms with Gasteiger partial charge in [-0.3, -0.25) is 19.2 Å². The molecule has 8 nitrogen and oxygen atoms in total. The van der Waals surface area contributed by atoms with Gasteiger partial charge in [-0.15, -0.1) is 0 Å². The van der Waals surface area contributed by atoms with Crippen molar-refractivity contribution in [1.82, 2.24) is 14.7 Å². The average molecular weight is 592 g/mol. The molecule has 3 atom stereocenters. The van der Waals surface area contributed by atoms with Gasteiger partial charge < -0.3 is 19.4 Å². The van der Waals surface area contributed by atoms with E-state index < -0.39 is 17.9 Å². The Kier molecular flexibility index (Phi) is 12.7. The van der Waals surface area contributed by atoms with Gasteiger partial charge in [0, 0.05) is 52.9 Å². The van der Waals surface area contributed by atoms with E-state index in [9.17, 15) is 28.0 Å². The summed E-state index contributed by atoms with van der Waals surface area (Å²) in [7, 11) is 3.09. The smallest absolute Gasteiger partial charge is 0.306 e. The zero-order chi connectivity index (χ0) is 30.7. The lowest BCUT2D eigenvalue weighted by molar-refractivity contribution is -0.148. The second-order valence-electron chi connectivity index (χ2n) is 12.2. The fraction of sp³-hybridized carbons (Fsp3) is 0.688. The van der Waals surface area contributed by atoms with Crippen LogP contribution in [0.4, 0.5) is 8.78 Å². The van der Waals surface area contributed by atoms with Crippen LogP contribution < -0.4 is 0 Å². The van der Waals surface area contributed by atoms with Crippen LogP contribution in [-0.4, -0.2) is 84.1 Å². The van der Waals surface area contributed by atoms with Crippen molar-refractivity contribution in [2.24, 2.45) is 11.8 Å². The number of esters is 1. The number of carbonyl (C=O) groups excluding carboxylic acids is 4. The van der Waals surface area contributed by atoms with E-state index in [1.165, 1.54) is 9.80 Å². The molecule has 1 aliphatic heterocycles. The summed E-state index contributed by atoms with van der Waals surface area (Å²) in [6.07, 6.45) is 4.43. The highest BCUT2D eigenvalue weighted by atomic mass is 19.3. The van der Waals surface area contributed by atoms with E-state index in [4.69, 9.17) is 4.74 Å². The molecule has 3 rings (SSSR count). The Hall–Kier alpha value is -3.04. The summed E-state index contributed by atoms with van der Waals surface area (Å²) < 4.78 is 33.5. The molecule has 10 heteroatoms. The van der Waals surface area contributed by atoms with Crippen LogP contribution in [0.1, 0.15) is 83.1 Å². The normalized spacial score (nSPS) is 19.8. The van der Waals surface area contributed by atoms with Crippen LogP contribution in [0.5, 0.6) is 0 Å². The number of hydrogen-bond donors (Lipinski definition) is 0. The summed E-state index contributed by atoms with van der Waals surface area (Å²) in [6, 6.07) is 8.43. The standard InChI is InChI=1S/C32H47F2N3O5/c1-24(20-30(40)42-23-26-11-6-4-7-12-26)19-28(38)36(3)27(15-14-25-13-10-16-32(33,34)21-25)31(41)35(2)22-29(39)37-17-8-5-9-18-37/h4,6-7,11-12,24-25,27H,5,8-10,13-23H2,1-3H3/t24?,25?,27-/m0/s1. The van der Waals surface area contributed by atoms with Crippen LogP contribution in [-0.2, 0) is 30.5 Å². The predicted octanol–water partition coefficient (Wildman–Crippen LogP) is 5.05. The van der Waals surface area contributed by atoms with Gasteiger partial charge in [0.15, 0.2) is 0 Å². The monoisotopic (exact) mass is 591 g/mol. The van der Waals surface area contributed by atoms with Gasteiger partial charge >= 0.3 is 5.97 Å². The summed E-state index contributed by atoms with van der Waals surface area (Å²) in [4.78, 5) is 56.6. The molecule has 3 amide bonds. The molecule has 1 aliphatic carbocycles. The second-order valence-corrected chi connectivity index (χ2v) is 12.2. The van der Waals surface area contributed by atoms with E-state index in [-0.39, 0.29) is 74.8 Å². The van der Waals surface area contributed by atoms with Crippen molar-refractivity contribution in [3.63, 3.8) is 0 Å². The lowest BCUT2D eigenvalue weighted by Gasteiger charge is -2.35. The summed E-state index contributed by atoms with van der Waals surface area (Å²) in [6.45, 7) is 3.18. The summed E-state index contributed by atoms with van der Waals surface area (Å²) >= 11 is 0. The van der Waals surface area contributed by atoms with Gasteiger partial charge in [-0.05, 0) is 55.9 Å². The molecule has 0 N–H and O–H groups in total. The minimum atomic E-state index is -2.70. The van der Waals surface area contributed by atoms with Crippen molar-refractivity contribution in [3.05, 3.63) is 35.9 Å². The second kappa shape index (κ2) is 16.0. The fourth-order valence-electron chi connectivity index (χ4n) is 5.95. The minimum absolute atomic E-state index is 0.0264. The first kappa shape index (κ1) is 33.5. The molecule has 1 aromatic carbocycles. The molecule has 2 fully saturated rings. The van der Waals surface area contributed by atoms with E-state index in [1.807, 2.05) is 30.3 Å². The quantitative estimate of drug-likeness (QED) is 0.300. The van der Waals surface area contributed by atoms with Gasteiger partial charge in [0.2, 0.25) is 23.6 Å². The Labute approximate surface area is 248 Å². The van der Waals surface area contributed by atoms with Gasteiger partial charge in [-0.2, -0.15) is 0 Å². The molecule has 234 valence electrons. The number of carbonyl (C=O) groups is 4. The average Bonchev–Trinajstić information content (AvgIpc) is 2.96. The van der Waals surface area contributed by atoms with Gasteiger partial charge in [-0.25, -0.2) is 8.78 Å². The van der Waals surface area contributed by atoms with Crippen LogP contribution in [0.25, 0.3) is 0 Å². The highest BCUT2D eigenvalue weighted by molar-refractivity contribution is 5.90. The molecule has 2 aliphatic rings. The Morgan fingerprint density at radius 1 is 1.02 bits per heavy atom. The SMILES string of the molecule is CC(CC(=O)OCc1ccccc1)CC(=O)N(C)[C@@H](CCC1CCCC(F)(F)C1)C(=O)N(C)CC(=O)N1CCCCC1. The Balaban J connectivity index is 1.60. The molecule has 1 saturated carbocycles. The number of likely N-dealkylation sites (N-methyl/N-ethyl adjacent to an activating group) is 2. The predicted molar refractivity (Wildman–Crippen MR) is 155 cm³/mol. The van der Waals surface area contributed by atoms with Crippen molar-refractivity contribution >= 4 is 23.7 Å². The molecule has 1 saturated heterocycles. The van der Waals surface area contributed by atoms with Gasteiger partial charge in [0.1, 0.15) is 12.6 Å². The number of hydrogen-bond acceptors (Lipinski definition) is 5. The third-order valence-corrected chi connectivity index (χ3v) is 8.47. The zero-order valence-electron chi connectivity index (χ0n) is 25.4. The first-order valence-corrected chi connectivity index (χ1v) is 15.3. The lowest BCUT2D eigenvalue weighted by atomic mass is 9.82. The molecular weight excluding hydrogens is 544 g/mol. The third kappa shape index (κ3) is 10.7. The lowest BCUT2D eigenvalue weighted by Crippen LogP contribution is -2.51. The zero-order valence-corrected chi connectivity index (χ0v) is 25.4. The van der Waals surface area contributed by atoms with Crippen molar-refractivity contribution < 1.29 is 32.7 Å². The topological polar surface area (TPSA) is 87.2 Å². The Bertz CT molecular complexity index is 1050. The van der Waals surface area contributed by atoms with Gasteiger partial charge in [0.25, 0.3) is 0 Å². The Morgan fingerprint density at radius 3 is 2.38 bits per heavy atom. The first-order valence-electron chi connectivity index (χ1n) is 15.3. The highest BCUT2D eigenvalue weighted by Crippen LogP contribution is 2.39. The number of benzene rings is 1. The Morgan fingerprint density at radius 2 is 1.71 bits per heavy atom. The van der Waals surface area contributed by atoms with E-state index in [1.54, 1.807) is 25.9 Å². The summed E-state index contributed by atoms with van der Waals surface area (Å²) in [5.41, 5.74) is 0.870. The highest BCUT2D eigenvalue weighted by Gasteiger charge is 2.38. The van der Waals surface area contributed by atoms with Crippen molar-refractivity contribution in [1.29, 1.82) is 0 Å². The van der Waals surface area contributed by atoms with Crippen LogP contribution in [0.15, 0.2) is 30.3 Å². The number of amides is 3. The number of nitrogens with zero attached hydrogens (tertiary/aromatic N) is 3. The van der Waals surface area contributed by atoms with E-state index in [0.717, 1.165) is 24.8 Å². The van der Waals surface area contributed by atoms with Crippen molar-refractivity contribution in [2.75, 3.05) is 33.7 Å². The van der Waals surface area contributed by atoms with Crippen molar-refractivity contribution in [3.8, 4) is 0 Å². The third-order valence-electron chi connectivity index (χ3n) is 8.47. The molecule has 1 aromatic rings. The number of piperidine rings is 1. The van der Waals surface area contributed by atoms with E-state index in [2.05, 4.69) is 0 Å². The van der Waals surface area contributed by atoms with E-state index in [0.29, 0.717) is 32.4 Å². The van der Waals surface area contributed by atoms with Crippen LogP contribution >= 0.6 is 0 Å². The molecule has 42 heavy (non-hydrogen) atoms. The maximum absolute atomic E-state index is 14.1. The van der Waals surface area contributed by atoms with Crippen LogP contribution in [0.2, 0.25) is 0 Å². The molecule has 0 aromatic heterocycles. The number of rotatable bonds is 13. The van der Waals surface area contributed by atoms with E-state index >= 15 is 0 Å². The van der Waals surface area contributed by atoms with Gasteiger partial charge in [0.05, 0.1) is 6.54 Å². The maximum atomic E-state index is 14.1.